The summed E-state index contributed by atoms with van der Waals surface area (Å²) >= 11 is 0. The molecule has 0 unspecified atom stereocenters. The number of hydrogen-bond donors (Lipinski definition) is 1. The molecule has 0 aliphatic carbocycles. The Hall–Kier alpha value is -2.02. The maximum Gasteiger partial charge on any atom is 0.253 e. The van der Waals surface area contributed by atoms with Gasteiger partial charge in [0.05, 0.1) is 12.5 Å². The number of amides is 1. The van der Waals surface area contributed by atoms with Crippen molar-refractivity contribution in [2.75, 3.05) is 25.5 Å². The number of carbonyl (C=O) groups excluding carboxylic acids is 1. The van der Waals surface area contributed by atoms with Crippen molar-refractivity contribution in [2.45, 2.75) is 20.3 Å². The molecule has 0 aromatic heterocycles. The van der Waals surface area contributed by atoms with Crippen LogP contribution in [0, 0.1) is 18.3 Å². The largest absolute Gasteiger partial charge is 0.385 e. The number of benzene rings is 1. The van der Waals surface area contributed by atoms with E-state index in [-0.39, 0.29) is 5.91 Å². The second-order valence-corrected chi connectivity index (χ2v) is 4.19. The number of anilines is 1. The van der Waals surface area contributed by atoms with Crippen LogP contribution < -0.4 is 5.32 Å². The molecule has 0 aliphatic heterocycles. The van der Waals surface area contributed by atoms with Crippen LogP contribution in [0.4, 0.5) is 5.69 Å². The Morgan fingerprint density at radius 1 is 1.50 bits per heavy atom. The molecule has 18 heavy (non-hydrogen) atoms. The smallest absolute Gasteiger partial charge is 0.253 e. The molecule has 0 spiro atoms. The summed E-state index contributed by atoms with van der Waals surface area (Å²) in [5, 5.41) is 11.7. The zero-order chi connectivity index (χ0) is 13.5. The first kappa shape index (κ1) is 14.0. The third kappa shape index (κ3) is 3.49. The highest BCUT2D eigenvalue weighted by atomic mass is 16.2. The first-order chi connectivity index (χ1) is 8.60. The molecular weight excluding hydrogens is 226 g/mol. The predicted molar refractivity (Wildman–Crippen MR) is 72.5 cm³/mol. The molecule has 0 fully saturated rings. The third-order valence-electron chi connectivity index (χ3n) is 2.75. The van der Waals surface area contributed by atoms with Crippen LogP contribution in [0.2, 0.25) is 0 Å². The standard InChI is InChI=1S/C14H19N3O/c1-4-16-13-7-6-12(10-11(13)2)14(18)17(3)9-5-8-15/h6-7,10,16H,4-5,9H2,1-3H3. The van der Waals surface area contributed by atoms with Gasteiger partial charge in [0, 0.05) is 31.4 Å². The fourth-order valence-corrected chi connectivity index (χ4v) is 1.73. The van der Waals surface area contributed by atoms with Crippen LogP contribution in [-0.4, -0.2) is 30.9 Å². The molecule has 0 saturated heterocycles. The van der Waals surface area contributed by atoms with Crippen LogP contribution in [0.5, 0.6) is 0 Å². The number of aryl methyl sites for hydroxylation is 1. The number of nitriles is 1. The summed E-state index contributed by atoms with van der Waals surface area (Å²) in [6, 6.07) is 7.65. The average Bonchev–Trinajstić information content (AvgIpc) is 2.37. The van der Waals surface area contributed by atoms with Crippen LogP contribution in [-0.2, 0) is 0 Å². The molecule has 1 aromatic rings. The Kier molecular flexibility index (Phi) is 5.19. The highest BCUT2D eigenvalue weighted by molar-refractivity contribution is 5.94. The summed E-state index contributed by atoms with van der Waals surface area (Å²) in [4.78, 5) is 13.6. The first-order valence-electron chi connectivity index (χ1n) is 6.07. The number of carbonyl (C=O) groups is 1. The van der Waals surface area contributed by atoms with Crippen molar-refractivity contribution >= 4 is 11.6 Å². The minimum atomic E-state index is -0.0450. The zero-order valence-electron chi connectivity index (χ0n) is 11.2. The molecule has 0 radical (unpaired) electrons. The Bertz CT molecular complexity index is 463. The molecule has 4 heteroatoms. The lowest BCUT2D eigenvalue weighted by Gasteiger charge is -2.16. The fourth-order valence-electron chi connectivity index (χ4n) is 1.73. The van der Waals surface area contributed by atoms with Crippen molar-refractivity contribution in [3.63, 3.8) is 0 Å². The van der Waals surface area contributed by atoms with Gasteiger partial charge in [0.15, 0.2) is 0 Å². The van der Waals surface area contributed by atoms with Gasteiger partial charge in [-0.2, -0.15) is 5.26 Å². The molecule has 1 amide bonds. The summed E-state index contributed by atoms with van der Waals surface area (Å²) < 4.78 is 0. The Morgan fingerprint density at radius 3 is 2.78 bits per heavy atom. The molecular formula is C14H19N3O. The van der Waals surface area contributed by atoms with Gasteiger partial charge in [-0.25, -0.2) is 0 Å². The quantitative estimate of drug-likeness (QED) is 0.866. The topological polar surface area (TPSA) is 56.1 Å². The molecule has 0 saturated carbocycles. The molecule has 96 valence electrons. The summed E-state index contributed by atoms with van der Waals surface area (Å²) in [6.45, 7) is 5.33. The van der Waals surface area contributed by atoms with E-state index >= 15 is 0 Å². The Morgan fingerprint density at radius 2 is 2.22 bits per heavy atom. The number of hydrogen-bond acceptors (Lipinski definition) is 3. The van der Waals surface area contributed by atoms with Crippen molar-refractivity contribution in [1.29, 1.82) is 5.26 Å². The van der Waals surface area contributed by atoms with E-state index in [2.05, 4.69) is 5.32 Å². The van der Waals surface area contributed by atoms with E-state index in [9.17, 15) is 4.79 Å². The molecule has 0 bridgehead atoms. The highest BCUT2D eigenvalue weighted by Crippen LogP contribution is 2.17. The SMILES string of the molecule is CCNc1ccc(C(=O)N(C)CCC#N)cc1C. The van der Waals surface area contributed by atoms with Crippen LogP contribution in [0.3, 0.4) is 0 Å². The molecule has 1 N–H and O–H groups in total. The Balaban J connectivity index is 2.81. The minimum absolute atomic E-state index is 0.0450. The molecule has 0 atom stereocenters. The number of nitrogens with zero attached hydrogens (tertiary/aromatic N) is 2. The maximum atomic E-state index is 12.1. The van der Waals surface area contributed by atoms with Crippen LogP contribution >= 0.6 is 0 Å². The van der Waals surface area contributed by atoms with E-state index in [0.29, 0.717) is 18.5 Å². The van der Waals surface area contributed by atoms with Gasteiger partial charge in [-0.15, -0.1) is 0 Å². The minimum Gasteiger partial charge on any atom is -0.385 e. The molecule has 1 rings (SSSR count). The van der Waals surface area contributed by atoms with E-state index in [0.717, 1.165) is 17.8 Å². The van der Waals surface area contributed by atoms with Gasteiger partial charge in [0.25, 0.3) is 5.91 Å². The lowest BCUT2D eigenvalue weighted by atomic mass is 10.1. The van der Waals surface area contributed by atoms with Crippen molar-refractivity contribution in [3.8, 4) is 6.07 Å². The van der Waals surface area contributed by atoms with E-state index in [1.807, 2.05) is 38.1 Å². The normalized spacial score (nSPS) is 9.67. The monoisotopic (exact) mass is 245 g/mol. The van der Waals surface area contributed by atoms with E-state index < -0.39 is 0 Å². The van der Waals surface area contributed by atoms with Gasteiger partial charge in [-0.1, -0.05) is 0 Å². The lowest BCUT2D eigenvalue weighted by Crippen LogP contribution is -2.27. The molecule has 4 nitrogen and oxygen atoms in total. The number of rotatable bonds is 5. The average molecular weight is 245 g/mol. The number of nitrogens with one attached hydrogen (secondary N) is 1. The summed E-state index contributed by atoms with van der Waals surface area (Å²) in [5.41, 5.74) is 2.76. The van der Waals surface area contributed by atoms with Gasteiger partial charge in [-0.05, 0) is 37.6 Å². The second kappa shape index (κ2) is 6.65. The summed E-state index contributed by atoms with van der Waals surface area (Å²) in [6.07, 6.45) is 0.358. The van der Waals surface area contributed by atoms with Gasteiger partial charge >= 0.3 is 0 Å². The van der Waals surface area contributed by atoms with Crippen molar-refractivity contribution in [2.24, 2.45) is 0 Å². The highest BCUT2D eigenvalue weighted by Gasteiger charge is 2.12. The van der Waals surface area contributed by atoms with Crippen molar-refractivity contribution < 1.29 is 4.79 Å². The van der Waals surface area contributed by atoms with Gasteiger partial charge in [0.2, 0.25) is 0 Å². The van der Waals surface area contributed by atoms with E-state index in [1.165, 1.54) is 0 Å². The van der Waals surface area contributed by atoms with Gasteiger partial charge in [0.1, 0.15) is 0 Å². The van der Waals surface area contributed by atoms with Crippen molar-refractivity contribution in [1.82, 2.24) is 4.90 Å². The van der Waals surface area contributed by atoms with Crippen LogP contribution in [0.1, 0.15) is 29.3 Å². The van der Waals surface area contributed by atoms with E-state index in [4.69, 9.17) is 5.26 Å². The fraction of sp³-hybridized carbons (Fsp3) is 0.429. The summed E-state index contributed by atoms with van der Waals surface area (Å²) in [5.74, 6) is -0.0450. The van der Waals surface area contributed by atoms with E-state index in [1.54, 1.807) is 11.9 Å². The Labute approximate surface area is 108 Å². The maximum absolute atomic E-state index is 12.1. The third-order valence-corrected chi connectivity index (χ3v) is 2.75. The zero-order valence-corrected chi connectivity index (χ0v) is 11.2. The lowest BCUT2D eigenvalue weighted by molar-refractivity contribution is 0.0798. The van der Waals surface area contributed by atoms with Crippen molar-refractivity contribution in [3.05, 3.63) is 29.3 Å². The molecule has 1 aromatic carbocycles. The van der Waals surface area contributed by atoms with Gasteiger partial charge < -0.3 is 10.2 Å². The molecule has 0 heterocycles. The second-order valence-electron chi connectivity index (χ2n) is 4.19. The van der Waals surface area contributed by atoms with Crippen LogP contribution in [0.15, 0.2) is 18.2 Å². The first-order valence-corrected chi connectivity index (χ1v) is 6.07. The van der Waals surface area contributed by atoms with Gasteiger partial charge in [-0.3, -0.25) is 4.79 Å². The molecule has 0 aliphatic rings. The predicted octanol–water partition coefficient (Wildman–Crippen LogP) is 2.41. The summed E-state index contributed by atoms with van der Waals surface area (Å²) in [7, 11) is 1.72. The van der Waals surface area contributed by atoms with Crippen LogP contribution in [0.25, 0.3) is 0 Å².